The molecular formula is C13H16N4OS. The van der Waals surface area contributed by atoms with Crippen molar-refractivity contribution in [2.75, 3.05) is 12.4 Å². The number of hydrogen-bond donors (Lipinski definition) is 2. The third-order valence-corrected chi connectivity index (χ3v) is 3.77. The number of nitrogens with zero attached hydrogens (tertiary/aromatic N) is 2. The fraction of sp³-hybridized carbons (Fsp3) is 0.308. The lowest BCUT2D eigenvalue weighted by Gasteiger charge is -2.23. The lowest BCUT2D eigenvalue weighted by atomic mass is 10.1. The Labute approximate surface area is 116 Å². The predicted octanol–water partition coefficient (Wildman–Crippen LogP) is 2.24. The van der Waals surface area contributed by atoms with Crippen molar-refractivity contribution in [3.05, 3.63) is 40.6 Å². The van der Waals surface area contributed by atoms with Gasteiger partial charge in [-0.2, -0.15) is 0 Å². The molecule has 6 heteroatoms. The monoisotopic (exact) mass is 276 g/mol. The van der Waals surface area contributed by atoms with Crippen molar-refractivity contribution in [2.45, 2.75) is 19.4 Å². The standard InChI is InChI=1S/C13H16N4OS/c1-13(2,12-16-6-7-19-12)17-11(18)10-8-9(14-3)4-5-15-10/h4-8H,1-3H3,(H,14,15)(H,17,18). The van der Waals surface area contributed by atoms with E-state index in [1.165, 1.54) is 11.3 Å². The van der Waals surface area contributed by atoms with Gasteiger partial charge < -0.3 is 10.6 Å². The maximum absolute atomic E-state index is 12.2. The van der Waals surface area contributed by atoms with E-state index in [0.29, 0.717) is 5.69 Å². The zero-order valence-corrected chi connectivity index (χ0v) is 11.9. The molecule has 0 aliphatic carbocycles. The highest BCUT2D eigenvalue weighted by Crippen LogP contribution is 2.22. The molecule has 2 aromatic heterocycles. The molecule has 0 fully saturated rings. The molecule has 19 heavy (non-hydrogen) atoms. The summed E-state index contributed by atoms with van der Waals surface area (Å²) in [7, 11) is 1.80. The van der Waals surface area contributed by atoms with Crippen LogP contribution in [0.25, 0.3) is 0 Å². The first kappa shape index (κ1) is 13.5. The van der Waals surface area contributed by atoms with Gasteiger partial charge in [0, 0.05) is 30.5 Å². The summed E-state index contributed by atoms with van der Waals surface area (Å²) in [5.74, 6) is -0.211. The number of amides is 1. The summed E-state index contributed by atoms with van der Waals surface area (Å²) in [5, 5.41) is 8.69. The highest BCUT2D eigenvalue weighted by molar-refractivity contribution is 7.09. The molecule has 0 aromatic carbocycles. The molecule has 2 heterocycles. The highest BCUT2D eigenvalue weighted by atomic mass is 32.1. The summed E-state index contributed by atoms with van der Waals surface area (Å²) < 4.78 is 0. The van der Waals surface area contributed by atoms with Crippen molar-refractivity contribution in [1.29, 1.82) is 0 Å². The first-order valence-electron chi connectivity index (χ1n) is 5.89. The van der Waals surface area contributed by atoms with Gasteiger partial charge in [0.25, 0.3) is 5.91 Å². The molecule has 0 aliphatic rings. The second-order valence-corrected chi connectivity index (χ2v) is 5.49. The van der Waals surface area contributed by atoms with Gasteiger partial charge in [-0.05, 0) is 26.0 Å². The summed E-state index contributed by atoms with van der Waals surface area (Å²) in [6, 6.07) is 3.52. The molecule has 0 spiro atoms. The van der Waals surface area contributed by atoms with Crippen molar-refractivity contribution in [3.8, 4) is 0 Å². The Hall–Kier alpha value is -1.95. The maximum atomic E-state index is 12.2. The quantitative estimate of drug-likeness (QED) is 0.898. The van der Waals surface area contributed by atoms with Crippen molar-refractivity contribution in [1.82, 2.24) is 15.3 Å². The molecule has 2 N–H and O–H groups in total. The molecule has 0 saturated heterocycles. The van der Waals surface area contributed by atoms with E-state index in [-0.39, 0.29) is 5.91 Å². The molecule has 0 atom stereocenters. The SMILES string of the molecule is CNc1ccnc(C(=O)NC(C)(C)c2nccs2)c1. The smallest absolute Gasteiger partial charge is 0.270 e. The number of rotatable bonds is 4. The first-order chi connectivity index (χ1) is 9.03. The van der Waals surface area contributed by atoms with E-state index in [1.54, 1.807) is 25.5 Å². The molecule has 2 aromatic rings. The summed E-state index contributed by atoms with van der Waals surface area (Å²) in [6.45, 7) is 3.84. The molecule has 0 aliphatic heterocycles. The van der Waals surface area contributed by atoms with Crippen molar-refractivity contribution >= 4 is 22.9 Å². The van der Waals surface area contributed by atoms with Crippen LogP contribution in [0.1, 0.15) is 29.3 Å². The third kappa shape index (κ3) is 3.08. The van der Waals surface area contributed by atoms with Crippen LogP contribution in [-0.4, -0.2) is 22.9 Å². The maximum Gasteiger partial charge on any atom is 0.270 e. The summed E-state index contributed by atoms with van der Waals surface area (Å²) in [6.07, 6.45) is 3.34. The van der Waals surface area contributed by atoms with Gasteiger partial charge in [-0.1, -0.05) is 0 Å². The minimum absolute atomic E-state index is 0.211. The van der Waals surface area contributed by atoms with Gasteiger partial charge in [-0.3, -0.25) is 9.78 Å². The van der Waals surface area contributed by atoms with Gasteiger partial charge in [0.1, 0.15) is 10.7 Å². The number of aromatic nitrogens is 2. The summed E-state index contributed by atoms with van der Waals surface area (Å²) >= 11 is 1.52. The molecule has 0 radical (unpaired) electrons. The average molecular weight is 276 g/mol. The van der Waals surface area contributed by atoms with Crippen LogP contribution < -0.4 is 10.6 Å². The van der Waals surface area contributed by atoms with Crippen molar-refractivity contribution in [2.24, 2.45) is 0 Å². The van der Waals surface area contributed by atoms with Crippen LogP contribution in [0.3, 0.4) is 0 Å². The average Bonchev–Trinajstić information content (AvgIpc) is 2.93. The van der Waals surface area contributed by atoms with E-state index in [4.69, 9.17) is 0 Å². The lowest BCUT2D eigenvalue weighted by Crippen LogP contribution is -2.41. The number of pyridine rings is 1. The summed E-state index contributed by atoms with van der Waals surface area (Å²) in [4.78, 5) is 20.5. The number of nitrogens with one attached hydrogen (secondary N) is 2. The minimum atomic E-state index is -0.511. The van der Waals surface area contributed by atoms with Crippen LogP contribution in [-0.2, 0) is 5.54 Å². The molecule has 100 valence electrons. The number of carbonyl (C=O) groups is 1. The summed E-state index contributed by atoms with van der Waals surface area (Å²) in [5.41, 5.74) is 0.728. The molecule has 5 nitrogen and oxygen atoms in total. The Kier molecular flexibility index (Phi) is 3.80. The molecular weight excluding hydrogens is 260 g/mol. The van der Waals surface area contributed by atoms with Crippen LogP contribution in [0.15, 0.2) is 29.9 Å². The van der Waals surface area contributed by atoms with E-state index in [1.807, 2.05) is 25.3 Å². The van der Waals surface area contributed by atoms with Crippen LogP contribution in [0.2, 0.25) is 0 Å². The van der Waals surface area contributed by atoms with Gasteiger partial charge in [0.2, 0.25) is 0 Å². The number of anilines is 1. The van der Waals surface area contributed by atoms with Crippen LogP contribution in [0, 0.1) is 0 Å². The zero-order valence-electron chi connectivity index (χ0n) is 11.1. The fourth-order valence-corrected chi connectivity index (χ4v) is 2.36. The van der Waals surface area contributed by atoms with E-state index >= 15 is 0 Å². The van der Waals surface area contributed by atoms with Gasteiger partial charge >= 0.3 is 0 Å². The van der Waals surface area contributed by atoms with E-state index < -0.39 is 5.54 Å². The van der Waals surface area contributed by atoms with E-state index in [9.17, 15) is 4.79 Å². The molecule has 0 saturated carbocycles. The topological polar surface area (TPSA) is 66.9 Å². The number of hydrogen-bond acceptors (Lipinski definition) is 5. The van der Waals surface area contributed by atoms with Crippen LogP contribution >= 0.6 is 11.3 Å². The largest absolute Gasteiger partial charge is 0.388 e. The zero-order chi connectivity index (χ0) is 13.9. The number of carbonyl (C=O) groups excluding carboxylic acids is 1. The lowest BCUT2D eigenvalue weighted by molar-refractivity contribution is 0.0907. The Morgan fingerprint density at radius 2 is 2.11 bits per heavy atom. The Balaban J connectivity index is 2.16. The molecule has 0 bridgehead atoms. The number of thiazole rings is 1. The Morgan fingerprint density at radius 1 is 1.32 bits per heavy atom. The Morgan fingerprint density at radius 3 is 2.74 bits per heavy atom. The highest BCUT2D eigenvalue weighted by Gasteiger charge is 2.26. The second kappa shape index (κ2) is 5.36. The molecule has 2 rings (SSSR count). The van der Waals surface area contributed by atoms with Gasteiger partial charge in [0.05, 0.1) is 5.54 Å². The van der Waals surface area contributed by atoms with Crippen molar-refractivity contribution in [3.63, 3.8) is 0 Å². The first-order valence-corrected chi connectivity index (χ1v) is 6.77. The minimum Gasteiger partial charge on any atom is -0.388 e. The van der Waals surface area contributed by atoms with Crippen LogP contribution in [0.4, 0.5) is 5.69 Å². The normalized spacial score (nSPS) is 11.1. The van der Waals surface area contributed by atoms with Crippen molar-refractivity contribution < 1.29 is 4.79 Å². The predicted molar refractivity (Wildman–Crippen MR) is 76.4 cm³/mol. The van der Waals surface area contributed by atoms with Gasteiger partial charge in [0.15, 0.2) is 0 Å². The van der Waals surface area contributed by atoms with E-state index in [2.05, 4.69) is 20.6 Å². The van der Waals surface area contributed by atoms with Crippen LogP contribution in [0.5, 0.6) is 0 Å². The fourth-order valence-electron chi connectivity index (χ4n) is 1.64. The van der Waals surface area contributed by atoms with Gasteiger partial charge in [-0.25, -0.2) is 4.98 Å². The molecule has 1 amide bonds. The van der Waals surface area contributed by atoms with Gasteiger partial charge in [-0.15, -0.1) is 11.3 Å². The second-order valence-electron chi connectivity index (χ2n) is 4.60. The molecule has 0 unspecified atom stereocenters. The van der Waals surface area contributed by atoms with E-state index in [0.717, 1.165) is 10.7 Å². The third-order valence-electron chi connectivity index (χ3n) is 2.67. The Bertz CT molecular complexity index is 566.